The summed E-state index contributed by atoms with van der Waals surface area (Å²) in [5, 5.41) is 11.3. The first-order chi connectivity index (χ1) is 7.95. The highest BCUT2D eigenvalue weighted by Gasteiger charge is 2.41. The zero-order chi connectivity index (χ0) is 12.6. The summed E-state index contributed by atoms with van der Waals surface area (Å²) in [7, 11) is 0. The van der Waals surface area contributed by atoms with Crippen LogP contribution < -0.4 is 0 Å². The molecule has 0 aliphatic heterocycles. The van der Waals surface area contributed by atoms with E-state index in [2.05, 4.69) is 5.16 Å². The van der Waals surface area contributed by atoms with Crippen molar-refractivity contribution in [1.29, 1.82) is 0 Å². The van der Waals surface area contributed by atoms with Gasteiger partial charge < -0.3 is 9.62 Å². The standard InChI is InChI=1S/C11H8F3NO2/c1-6-7-4-2-3-5-8(7)17-9(6)10(15-16)11(12,13)14/h2-5,16H,1H3/b15-10+. The second-order valence-corrected chi connectivity index (χ2v) is 3.50. The van der Waals surface area contributed by atoms with E-state index in [4.69, 9.17) is 9.62 Å². The lowest BCUT2D eigenvalue weighted by Crippen LogP contribution is -2.24. The minimum absolute atomic E-state index is 0.297. The van der Waals surface area contributed by atoms with E-state index in [1.807, 2.05) is 0 Å². The van der Waals surface area contributed by atoms with Crippen LogP contribution in [0.15, 0.2) is 33.8 Å². The van der Waals surface area contributed by atoms with Crippen LogP contribution in [-0.2, 0) is 0 Å². The molecule has 3 nitrogen and oxygen atoms in total. The molecule has 2 aromatic rings. The van der Waals surface area contributed by atoms with Crippen LogP contribution in [0.1, 0.15) is 11.3 Å². The van der Waals surface area contributed by atoms with Gasteiger partial charge in [-0.15, -0.1) is 0 Å². The van der Waals surface area contributed by atoms with Crippen LogP contribution in [-0.4, -0.2) is 17.1 Å². The minimum atomic E-state index is -4.76. The molecule has 0 atom stereocenters. The Morgan fingerprint density at radius 2 is 1.94 bits per heavy atom. The van der Waals surface area contributed by atoms with Gasteiger partial charge in [0.25, 0.3) is 0 Å². The molecule has 0 spiro atoms. The van der Waals surface area contributed by atoms with Crippen molar-refractivity contribution in [2.75, 3.05) is 0 Å². The molecule has 0 aliphatic rings. The van der Waals surface area contributed by atoms with E-state index in [0.717, 1.165) is 0 Å². The summed E-state index contributed by atoms with van der Waals surface area (Å²) < 4.78 is 42.8. The molecule has 1 aromatic carbocycles. The van der Waals surface area contributed by atoms with E-state index < -0.39 is 17.6 Å². The molecule has 0 unspecified atom stereocenters. The molecule has 0 radical (unpaired) electrons. The van der Waals surface area contributed by atoms with Gasteiger partial charge in [0.05, 0.1) is 0 Å². The molecule has 6 heteroatoms. The van der Waals surface area contributed by atoms with Crippen LogP contribution in [0, 0.1) is 6.92 Å². The van der Waals surface area contributed by atoms with E-state index >= 15 is 0 Å². The van der Waals surface area contributed by atoms with E-state index in [1.54, 1.807) is 24.3 Å². The number of para-hydroxylation sites is 1. The third-order valence-corrected chi connectivity index (χ3v) is 2.43. The topological polar surface area (TPSA) is 45.7 Å². The predicted molar refractivity (Wildman–Crippen MR) is 55.3 cm³/mol. The van der Waals surface area contributed by atoms with E-state index in [0.29, 0.717) is 16.5 Å². The van der Waals surface area contributed by atoms with Crippen molar-refractivity contribution in [3.05, 3.63) is 35.6 Å². The maximum absolute atomic E-state index is 12.6. The zero-order valence-electron chi connectivity index (χ0n) is 8.75. The second-order valence-electron chi connectivity index (χ2n) is 3.50. The number of oxime groups is 1. The molecule has 90 valence electrons. The number of furan rings is 1. The molecule has 0 saturated heterocycles. The highest BCUT2D eigenvalue weighted by Crippen LogP contribution is 2.30. The Morgan fingerprint density at radius 1 is 1.29 bits per heavy atom. The van der Waals surface area contributed by atoms with Crippen LogP contribution >= 0.6 is 0 Å². The van der Waals surface area contributed by atoms with Crippen molar-refractivity contribution in [1.82, 2.24) is 0 Å². The number of fused-ring (bicyclic) bond motifs is 1. The van der Waals surface area contributed by atoms with Crippen LogP contribution in [0.2, 0.25) is 0 Å². The minimum Gasteiger partial charge on any atom is -0.454 e. The number of rotatable bonds is 1. The maximum atomic E-state index is 12.6. The fourth-order valence-electron chi connectivity index (χ4n) is 1.63. The van der Waals surface area contributed by atoms with Crippen molar-refractivity contribution in [2.24, 2.45) is 5.16 Å². The molecule has 1 aromatic heterocycles. The van der Waals surface area contributed by atoms with Gasteiger partial charge in [-0.2, -0.15) is 13.2 Å². The fraction of sp³-hybridized carbons (Fsp3) is 0.182. The zero-order valence-corrected chi connectivity index (χ0v) is 8.75. The highest BCUT2D eigenvalue weighted by atomic mass is 19.4. The number of aryl methyl sites for hydroxylation is 1. The quantitative estimate of drug-likeness (QED) is 0.473. The Hall–Kier alpha value is -1.98. The van der Waals surface area contributed by atoms with E-state index in [-0.39, 0.29) is 0 Å². The molecule has 17 heavy (non-hydrogen) atoms. The van der Waals surface area contributed by atoms with Crippen molar-refractivity contribution in [3.63, 3.8) is 0 Å². The third-order valence-electron chi connectivity index (χ3n) is 2.43. The van der Waals surface area contributed by atoms with Crippen LogP contribution in [0.25, 0.3) is 11.0 Å². The first kappa shape index (κ1) is 11.5. The average molecular weight is 243 g/mol. The lowest BCUT2D eigenvalue weighted by Gasteiger charge is -2.06. The molecule has 0 amide bonds. The van der Waals surface area contributed by atoms with Gasteiger partial charge in [0.1, 0.15) is 5.58 Å². The summed E-state index contributed by atoms with van der Waals surface area (Å²) in [6.07, 6.45) is -4.76. The number of benzene rings is 1. The first-order valence-electron chi connectivity index (χ1n) is 4.73. The Labute approximate surface area is 94.1 Å². The number of alkyl halides is 3. The van der Waals surface area contributed by atoms with Crippen molar-refractivity contribution < 1.29 is 22.8 Å². The smallest absolute Gasteiger partial charge is 0.440 e. The van der Waals surface area contributed by atoms with Crippen LogP contribution in [0.3, 0.4) is 0 Å². The molecule has 0 bridgehead atoms. The number of halogens is 3. The summed E-state index contributed by atoms with van der Waals surface area (Å²) in [5.74, 6) is -0.457. The molecule has 1 heterocycles. The summed E-state index contributed by atoms with van der Waals surface area (Å²) in [4.78, 5) is 0. The largest absolute Gasteiger partial charge is 0.454 e. The summed E-state index contributed by atoms with van der Waals surface area (Å²) in [6, 6.07) is 6.54. The van der Waals surface area contributed by atoms with Crippen molar-refractivity contribution in [2.45, 2.75) is 13.1 Å². The fourth-order valence-corrected chi connectivity index (χ4v) is 1.63. The van der Waals surface area contributed by atoms with Crippen LogP contribution in [0.5, 0.6) is 0 Å². The molecule has 0 fully saturated rings. The molecule has 1 N–H and O–H groups in total. The molecule has 0 aliphatic carbocycles. The maximum Gasteiger partial charge on any atom is 0.440 e. The van der Waals surface area contributed by atoms with Gasteiger partial charge in [0.15, 0.2) is 5.76 Å². The monoisotopic (exact) mass is 243 g/mol. The first-order valence-corrected chi connectivity index (χ1v) is 4.73. The van der Waals surface area contributed by atoms with Gasteiger partial charge >= 0.3 is 6.18 Å². The summed E-state index contributed by atoms with van der Waals surface area (Å²) in [6.45, 7) is 1.48. The Morgan fingerprint density at radius 3 is 2.47 bits per heavy atom. The number of nitrogens with zero attached hydrogens (tertiary/aromatic N) is 1. The van der Waals surface area contributed by atoms with Crippen molar-refractivity contribution >= 4 is 16.7 Å². The molecule has 2 rings (SSSR count). The van der Waals surface area contributed by atoms with Gasteiger partial charge in [0, 0.05) is 10.9 Å². The van der Waals surface area contributed by atoms with Gasteiger partial charge in [-0.3, -0.25) is 0 Å². The van der Waals surface area contributed by atoms with E-state index in [9.17, 15) is 13.2 Å². The SMILES string of the molecule is Cc1c(/C(=N\O)C(F)(F)F)oc2ccccc12. The number of hydrogen-bond acceptors (Lipinski definition) is 3. The number of hydrogen-bond donors (Lipinski definition) is 1. The lowest BCUT2D eigenvalue weighted by atomic mass is 10.1. The highest BCUT2D eigenvalue weighted by molar-refractivity contribution is 6.06. The second kappa shape index (κ2) is 3.80. The normalized spacial score (nSPS) is 13.3. The predicted octanol–water partition coefficient (Wildman–Crippen LogP) is 3.48. The lowest BCUT2D eigenvalue weighted by molar-refractivity contribution is -0.0609. The Kier molecular flexibility index (Phi) is 2.57. The summed E-state index contributed by atoms with van der Waals surface area (Å²) >= 11 is 0. The molecular weight excluding hydrogens is 235 g/mol. The van der Waals surface area contributed by atoms with Gasteiger partial charge in [0.2, 0.25) is 5.71 Å². The van der Waals surface area contributed by atoms with E-state index in [1.165, 1.54) is 6.92 Å². The molecular formula is C11H8F3NO2. The third kappa shape index (κ3) is 1.86. The van der Waals surface area contributed by atoms with Crippen molar-refractivity contribution in [3.8, 4) is 0 Å². The van der Waals surface area contributed by atoms with Crippen LogP contribution in [0.4, 0.5) is 13.2 Å². The van der Waals surface area contributed by atoms with Gasteiger partial charge in [-0.1, -0.05) is 23.4 Å². The summed E-state index contributed by atoms with van der Waals surface area (Å²) in [5.41, 5.74) is -0.803. The van der Waals surface area contributed by atoms with Gasteiger partial charge in [-0.05, 0) is 13.0 Å². The molecule has 0 saturated carbocycles. The Bertz CT molecular complexity index is 584. The van der Waals surface area contributed by atoms with Gasteiger partial charge in [-0.25, -0.2) is 0 Å². The Balaban J connectivity index is 2.68. The average Bonchev–Trinajstić information content (AvgIpc) is 2.56.